The summed E-state index contributed by atoms with van der Waals surface area (Å²) in [5.41, 5.74) is -0.386. The minimum atomic E-state index is -1.17. The normalized spacial score (nSPS) is 23.0. The second-order valence-electron chi connectivity index (χ2n) is 6.47. The van der Waals surface area contributed by atoms with Crippen molar-refractivity contribution in [2.75, 3.05) is 32.7 Å². The van der Waals surface area contributed by atoms with Gasteiger partial charge in [0.05, 0.1) is 0 Å². The number of nitrogens with one attached hydrogen (secondary N) is 1. The molecule has 2 saturated heterocycles. The predicted octanol–water partition coefficient (Wildman–Crippen LogP) is 4.02. The molecule has 1 aromatic rings. The molecule has 2 nitrogen and oxygen atoms in total. The van der Waals surface area contributed by atoms with E-state index in [9.17, 15) is 0 Å². The number of nitrogens with zero attached hydrogens (tertiary/aromatic N) is 1. The molecule has 3 rings (SSSR count). The lowest BCUT2D eigenvalue weighted by molar-refractivity contribution is 0.0465. The average molecular weight is 347 g/mol. The number of piperidine rings is 2. The van der Waals surface area contributed by atoms with Crippen LogP contribution in [0.2, 0.25) is 5.02 Å². The summed E-state index contributed by atoms with van der Waals surface area (Å²) in [7, 11) is 0. The van der Waals surface area contributed by atoms with Crippen LogP contribution in [0.25, 0.3) is 0 Å². The first-order valence-electron chi connectivity index (χ1n) is 8.04. The molecule has 0 saturated carbocycles. The number of rotatable bonds is 3. The summed E-state index contributed by atoms with van der Waals surface area (Å²) in [6, 6.07) is 7.26. The first-order valence-corrected chi connectivity index (χ1v) is 8.41. The Kier molecular flexibility index (Phi) is 6.51. The molecular formula is C17H25Cl2FN2. The molecule has 0 atom stereocenters. The molecule has 2 aliphatic rings. The van der Waals surface area contributed by atoms with Crippen molar-refractivity contribution >= 4 is 24.0 Å². The predicted molar refractivity (Wildman–Crippen MR) is 92.8 cm³/mol. The number of benzene rings is 1. The first-order chi connectivity index (χ1) is 10.2. The van der Waals surface area contributed by atoms with Gasteiger partial charge in [-0.25, -0.2) is 4.39 Å². The van der Waals surface area contributed by atoms with Crippen molar-refractivity contribution in [2.24, 2.45) is 5.92 Å². The summed E-state index contributed by atoms with van der Waals surface area (Å²) in [5.74, 6) is 0.786. The Morgan fingerprint density at radius 1 is 1.14 bits per heavy atom. The molecule has 0 amide bonds. The Balaban J connectivity index is 0.00000176. The van der Waals surface area contributed by atoms with Crippen LogP contribution >= 0.6 is 24.0 Å². The smallest absolute Gasteiger partial charge is 0.138 e. The lowest BCUT2D eigenvalue weighted by atomic mass is 9.85. The van der Waals surface area contributed by atoms with Crippen molar-refractivity contribution in [3.8, 4) is 0 Å². The van der Waals surface area contributed by atoms with E-state index in [0.29, 0.717) is 17.9 Å². The molecule has 1 aromatic carbocycles. The van der Waals surface area contributed by atoms with E-state index in [1.54, 1.807) is 12.1 Å². The largest absolute Gasteiger partial charge is 0.317 e. The van der Waals surface area contributed by atoms with Crippen molar-refractivity contribution in [3.05, 3.63) is 34.9 Å². The van der Waals surface area contributed by atoms with Crippen LogP contribution in [0, 0.1) is 5.92 Å². The summed E-state index contributed by atoms with van der Waals surface area (Å²) < 4.78 is 15.1. The van der Waals surface area contributed by atoms with Crippen molar-refractivity contribution in [1.82, 2.24) is 10.2 Å². The summed E-state index contributed by atoms with van der Waals surface area (Å²) in [6.45, 7) is 5.14. The van der Waals surface area contributed by atoms with Gasteiger partial charge in [0.25, 0.3) is 0 Å². The van der Waals surface area contributed by atoms with E-state index < -0.39 is 5.67 Å². The van der Waals surface area contributed by atoms with Crippen LogP contribution in [-0.2, 0) is 5.67 Å². The molecular weight excluding hydrogens is 322 g/mol. The molecule has 0 radical (unpaired) electrons. The van der Waals surface area contributed by atoms with Crippen molar-refractivity contribution in [1.29, 1.82) is 0 Å². The molecule has 0 aliphatic carbocycles. The van der Waals surface area contributed by atoms with Crippen molar-refractivity contribution < 1.29 is 4.39 Å². The molecule has 0 bridgehead atoms. The maximum atomic E-state index is 15.1. The van der Waals surface area contributed by atoms with Crippen LogP contribution in [0.5, 0.6) is 0 Å². The van der Waals surface area contributed by atoms with Crippen LogP contribution in [0.4, 0.5) is 4.39 Å². The highest BCUT2D eigenvalue weighted by Crippen LogP contribution is 2.37. The maximum Gasteiger partial charge on any atom is 0.138 e. The molecule has 0 unspecified atom stereocenters. The Labute approximate surface area is 143 Å². The molecule has 124 valence electrons. The number of halogens is 3. The summed E-state index contributed by atoms with van der Waals surface area (Å²) >= 11 is 5.89. The average Bonchev–Trinajstić information content (AvgIpc) is 2.51. The SMILES string of the molecule is Cl.FC1(c2ccc(Cl)cc2)CCN(CC2CCNCC2)CC1. The van der Waals surface area contributed by atoms with E-state index in [2.05, 4.69) is 10.2 Å². The fourth-order valence-electron chi connectivity index (χ4n) is 3.56. The first kappa shape index (κ1) is 18.0. The van der Waals surface area contributed by atoms with E-state index in [4.69, 9.17) is 11.6 Å². The molecule has 1 N–H and O–H groups in total. The van der Waals surface area contributed by atoms with E-state index >= 15 is 4.39 Å². The van der Waals surface area contributed by atoms with Gasteiger partial charge in [0.2, 0.25) is 0 Å². The Bertz CT molecular complexity index is 452. The number of likely N-dealkylation sites (tertiary alicyclic amines) is 1. The van der Waals surface area contributed by atoms with Crippen LogP contribution in [0.1, 0.15) is 31.2 Å². The zero-order valence-corrected chi connectivity index (χ0v) is 14.4. The van der Waals surface area contributed by atoms with Crippen LogP contribution < -0.4 is 5.32 Å². The monoisotopic (exact) mass is 346 g/mol. The van der Waals surface area contributed by atoms with Gasteiger partial charge in [-0.2, -0.15) is 0 Å². The lowest BCUT2D eigenvalue weighted by Crippen LogP contribution is -2.43. The van der Waals surface area contributed by atoms with Crippen LogP contribution in [-0.4, -0.2) is 37.6 Å². The molecule has 0 spiro atoms. The molecule has 22 heavy (non-hydrogen) atoms. The molecule has 2 heterocycles. The summed E-state index contributed by atoms with van der Waals surface area (Å²) in [6.07, 6.45) is 3.71. The molecule has 5 heteroatoms. The Morgan fingerprint density at radius 2 is 1.73 bits per heavy atom. The second-order valence-corrected chi connectivity index (χ2v) is 6.90. The Morgan fingerprint density at radius 3 is 2.32 bits per heavy atom. The zero-order chi connectivity index (χ0) is 14.7. The maximum absolute atomic E-state index is 15.1. The van der Waals surface area contributed by atoms with E-state index in [-0.39, 0.29) is 12.4 Å². The minimum absolute atomic E-state index is 0. The van der Waals surface area contributed by atoms with Gasteiger partial charge >= 0.3 is 0 Å². The summed E-state index contributed by atoms with van der Waals surface area (Å²) in [5, 5.41) is 4.07. The molecule has 2 aliphatic heterocycles. The minimum Gasteiger partial charge on any atom is -0.317 e. The molecule has 2 fully saturated rings. The van der Waals surface area contributed by atoms with Gasteiger partial charge in [-0.1, -0.05) is 23.7 Å². The van der Waals surface area contributed by atoms with Gasteiger partial charge in [-0.15, -0.1) is 12.4 Å². The van der Waals surface area contributed by atoms with E-state index in [0.717, 1.165) is 44.2 Å². The third-order valence-electron chi connectivity index (χ3n) is 4.99. The van der Waals surface area contributed by atoms with Gasteiger partial charge in [0.15, 0.2) is 0 Å². The van der Waals surface area contributed by atoms with Gasteiger partial charge in [0, 0.05) is 24.7 Å². The van der Waals surface area contributed by atoms with Crippen LogP contribution in [0.15, 0.2) is 24.3 Å². The molecule has 0 aromatic heterocycles. The van der Waals surface area contributed by atoms with E-state index in [1.165, 1.54) is 12.8 Å². The standard InChI is InChI=1S/C17H24ClFN2.ClH/c18-16-3-1-15(2-4-16)17(19)7-11-21(12-8-17)13-14-5-9-20-10-6-14;/h1-4,14,20H,5-13H2;1H. The highest BCUT2D eigenvalue weighted by atomic mass is 35.5. The number of alkyl halides is 1. The van der Waals surface area contributed by atoms with Gasteiger partial charge in [-0.05, 0) is 62.4 Å². The quantitative estimate of drug-likeness (QED) is 0.888. The Hall–Kier alpha value is -0.350. The number of hydrogen-bond donors (Lipinski definition) is 1. The van der Waals surface area contributed by atoms with Gasteiger partial charge in [0.1, 0.15) is 5.67 Å². The van der Waals surface area contributed by atoms with Crippen molar-refractivity contribution in [2.45, 2.75) is 31.4 Å². The third-order valence-corrected chi connectivity index (χ3v) is 5.24. The van der Waals surface area contributed by atoms with Crippen LogP contribution in [0.3, 0.4) is 0 Å². The second kappa shape index (κ2) is 7.96. The number of hydrogen-bond acceptors (Lipinski definition) is 2. The fourth-order valence-corrected chi connectivity index (χ4v) is 3.68. The topological polar surface area (TPSA) is 15.3 Å². The van der Waals surface area contributed by atoms with Gasteiger partial charge < -0.3 is 10.2 Å². The highest BCUT2D eigenvalue weighted by Gasteiger charge is 2.36. The van der Waals surface area contributed by atoms with Crippen molar-refractivity contribution in [3.63, 3.8) is 0 Å². The summed E-state index contributed by atoms with van der Waals surface area (Å²) in [4.78, 5) is 2.45. The lowest BCUT2D eigenvalue weighted by Gasteiger charge is -2.38. The van der Waals surface area contributed by atoms with Gasteiger partial charge in [-0.3, -0.25) is 0 Å². The fraction of sp³-hybridized carbons (Fsp3) is 0.647. The zero-order valence-electron chi connectivity index (χ0n) is 12.9. The third kappa shape index (κ3) is 4.35. The highest BCUT2D eigenvalue weighted by molar-refractivity contribution is 6.30. The van der Waals surface area contributed by atoms with E-state index in [1.807, 2.05) is 12.1 Å².